The number of rotatable bonds is 5. The zero-order chi connectivity index (χ0) is 12.8. The molecule has 2 aromatic rings. The van der Waals surface area contributed by atoms with Crippen LogP contribution in [0, 0.1) is 6.92 Å². The van der Waals surface area contributed by atoms with Crippen molar-refractivity contribution >= 4 is 5.82 Å². The molecule has 2 rings (SSSR count). The predicted molar refractivity (Wildman–Crippen MR) is 74.6 cm³/mol. The molecule has 2 N–H and O–H groups in total. The van der Waals surface area contributed by atoms with Gasteiger partial charge in [0.2, 0.25) is 0 Å². The summed E-state index contributed by atoms with van der Waals surface area (Å²) in [7, 11) is 1.92. The molecule has 94 valence electrons. The second-order valence-electron chi connectivity index (χ2n) is 4.20. The monoisotopic (exact) mass is 242 g/mol. The Hall–Kier alpha value is -1.94. The molecule has 1 aromatic heterocycles. The van der Waals surface area contributed by atoms with Crippen molar-refractivity contribution in [2.24, 2.45) is 0 Å². The van der Waals surface area contributed by atoms with E-state index in [1.165, 1.54) is 5.56 Å². The van der Waals surface area contributed by atoms with Crippen molar-refractivity contribution < 1.29 is 0 Å². The van der Waals surface area contributed by atoms with Crippen molar-refractivity contribution in [1.82, 2.24) is 15.5 Å². The lowest BCUT2D eigenvalue weighted by atomic mass is 10.1. The Morgan fingerprint density at radius 1 is 0.944 bits per heavy atom. The highest BCUT2D eigenvalue weighted by Crippen LogP contribution is 2.17. The predicted octanol–water partition coefficient (Wildman–Crippen LogP) is 2.08. The molecule has 0 saturated carbocycles. The van der Waals surface area contributed by atoms with Crippen LogP contribution in [0.1, 0.15) is 5.56 Å². The molecule has 0 aliphatic heterocycles. The molecule has 4 nitrogen and oxygen atoms in total. The van der Waals surface area contributed by atoms with Gasteiger partial charge >= 0.3 is 0 Å². The van der Waals surface area contributed by atoms with Gasteiger partial charge in [-0.3, -0.25) is 0 Å². The first kappa shape index (κ1) is 12.5. The van der Waals surface area contributed by atoms with Crippen LogP contribution in [0.15, 0.2) is 36.4 Å². The molecule has 1 heterocycles. The minimum absolute atomic E-state index is 0.807. The Bertz CT molecular complexity index is 476. The lowest BCUT2D eigenvalue weighted by Gasteiger charge is -2.05. The summed E-state index contributed by atoms with van der Waals surface area (Å²) in [5.74, 6) is 0.807. The normalized spacial score (nSPS) is 10.3. The fourth-order valence-corrected chi connectivity index (χ4v) is 1.62. The Labute approximate surface area is 107 Å². The van der Waals surface area contributed by atoms with Crippen LogP contribution < -0.4 is 10.6 Å². The number of aromatic nitrogens is 2. The lowest BCUT2D eigenvalue weighted by Crippen LogP contribution is -2.18. The van der Waals surface area contributed by atoms with Gasteiger partial charge < -0.3 is 10.6 Å². The molecule has 0 spiro atoms. The van der Waals surface area contributed by atoms with E-state index in [1.54, 1.807) is 0 Å². The summed E-state index contributed by atoms with van der Waals surface area (Å²) in [5, 5.41) is 14.7. The molecular weight excluding hydrogens is 224 g/mol. The number of nitrogens with zero attached hydrogens (tertiary/aromatic N) is 2. The largest absolute Gasteiger partial charge is 0.367 e. The average Bonchev–Trinajstić information content (AvgIpc) is 2.41. The fraction of sp³-hybridized carbons (Fsp3) is 0.286. The van der Waals surface area contributed by atoms with Crippen molar-refractivity contribution in [2.45, 2.75) is 6.92 Å². The molecule has 0 fully saturated rings. The molecule has 0 atom stereocenters. The maximum absolute atomic E-state index is 4.22. The number of hydrogen-bond donors (Lipinski definition) is 2. The molecule has 0 aliphatic rings. The van der Waals surface area contributed by atoms with Gasteiger partial charge in [0, 0.05) is 18.7 Å². The van der Waals surface area contributed by atoms with Crippen LogP contribution >= 0.6 is 0 Å². The van der Waals surface area contributed by atoms with Gasteiger partial charge in [0.1, 0.15) is 5.82 Å². The van der Waals surface area contributed by atoms with Crippen LogP contribution in [-0.2, 0) is 0 Å². The summed E-state index contributed by atoms with van der Waals surface area (Å²) < 4.78 is 0. The van der Waals surface area contributed by atoms with Gasteiger partial charge in [-0.15, -0.1) is 10.2 Å². The van der Waals surface area contributed by atoms with Crippen molar-refractivity contribution in [3.05, 3.63) is 42.0 Å². The summed E-state index contributed by atoms with van der Waals surface area (Å²) in [6.07, 6.45) is 0. The first-order valence-corrected chi connectivity index (χ1v) is 6.09. The third kappa shape index (κ3) is 3.28. The number of benzene rings is 1. The highest BCUT2D eigenvalue weighted by Gasteiger charge is 2.00. The average molecular weight is 242 g/mol. The van der Waals surface area contributed by atoms with Crippen molar-refractivity contribution in [3.63, 3.8) is 0 Å². The van der Waals surface area contributed by atoms with E-state index < -0.39 is 0 Å². The smallest absolute Gasteiger partial charge is 0.148 e. The minimum Gasteiger partial charge on any atom is -0.367 e. The molecule has 18 heavy (non-hydrogen) atoms. The Balaban J connectivity index is 2.05. The molecule has 0 aliphatic carbocycles. The van der Waals surface area contributed by atoms with Gasteiger partial charge in [0.15, 0.2) is 0 Å². The summed E-state index contributed by atoms with van der Waals surface area (Å²) in [6.45, 7) is 3.82. The van der Waals surface area contributed by atoms with E-state index in [0.717, 1.165) is 30.2 Å². The molecule has 0 unspecified atom stereocenters. The third-order valence-electron chi connectivity index (χ3n) is 2.69. The summed E-state index contributed by atoms with van der Waals surface area (Å²) in [4.78, 5) is 0. The molecule has 1 aromatic carbocycles. The van der Waals surface area contributed by atoms with Gasteiger partial charge in [-0.1, -0.05) is 29.8 Å². The van der Waals surface area contributed by atoms with Gasteiger partial charge in [0.05, 0.1) is 5.69 Å². The zero-order valence-corrected chi connectivity index (χ0v) is 10.8. The van der Waals surface area contributed by atoms with E-state index in [2.05, 4.69) is 52.0 Å². The van der Waals surface area contributed by atoms with Gasteiger partial charge in [-0.25, -0.2) is 0 Å². The van der Waals surface area contributed by atoms with E-state index in [9.17, 15) is 0 Å². The maximum Gasteiger partial charge on any atom is 0.148 e. The van der Waals surface area contributed by atoms with E-state index in [1.807, 2.05) is 19.2 Å². The first-order chi connectivity index (χ1) is 8.79. The standard InChI is InChI=1S/C14H18N4/c1-11-3-5-12(6-4-11)13-7-8-14(18-17-13)16-10-9-15-2/h3-8,15H,9-10H2,1-2H3,(H,16,18). The summed E-state index contributed by atoms with van der Waals surface area (Å²) >= 11 is 0. The van der Waals surface area contributed by atoms with Crippen LogP contribution in [0.5, 0.6) is 0 Å². The van der Waals surface area contributed by atoms with Crippen LogP contribution in [0.3, 0.4) is 0 Å². The third-order valence-corrected chi connectivity index (χ3v) is 2.69. The van der Waals surface area contributed by atoms with Crippen LogP contribution in [0.4, 0.5) is 5.82 Å². The second-order valence-corrected chi connectivity index (χ2v) is 4.20. The van der Waals surface area contributed by atoms with E-state index in [-0.39, 0.29) is 0 Å². The summed E-state index contributed by atoms with van der Waals surface area (Å²) in [6, 6.07) is 12.2. The Morgan fingerprint density at radius 3 is 2.33 bits per heavy atom. The van der Waals surface area contributed by atoms with E-state index in [0.29, 0.717) is 0 Å². The minimum atomic E-state index is 0.807. The highest BCUT2D eigenvalue weighted by atomic mass is 15.2. The molecule has 0 radical (unpaired) electrons. The number of aryl methyl sites for hydroxylation is 1. The van der Waals surface area contributed by atoms with Gasteiger partial charge in [0.25, 0.3) is 0 Å². The molecular formula is C14H18N4. The van der Waals surface area contributed by atoms with Gasteiger partial charge in [-0.2, -0.15) is 0 Å². The number of hydrogen-bond acceptors (Lipinski definition) is 4. The Kier molecular flexibility index (Phi) is 4.25. The van der Waals surface area contributed by atoms with Gasteiger partial charge in [-0.05, 0) is 26.1 Å². The lowest BCUT2D eigenvalue weighted by molar-refractivity contribution is 0.818. The topological polar surface area (TPSA) is 49.8 Å². The van der Waals surface area contributed by atoms with Crippen LogP contribution in [0.2, 0.25) is 0 Å². The van der Waals surface area contributed by atoms with E-state index in [4.69, 9.17) is 0 Å². The second kappa shape index (κ2) is 6.12. The molecule has 0 amide bonds. The SMILES string of the molecule is CNCCNc1ccc(-c2ccc(C)cc2)nn1. The molecule has 0 saturated heterocycles. The number of likely N-dealkylation sites (N-methyl/N-ethyl adjacent to an activating group) is 1. The zero-order valence-electron chi connectivity index (χ0n) is 10.8. The van der Waals surface area contributed by atoms with Crippen molar-refractivity contribution in [3.8, 4) is 11.3 Å². The van der Waals surface area contributed by atoms with Crippen LogP contribution in [-0.4, -0.2) is 30.3 Å². The van der Waals surface area contributed by atoms with Crippen molar-refractivity contribution in [1.29, 1.82) is 0 Å². The van der Waals surface area contributed by atoms with E-state index >= 15 is 0 Å². The number of nitrogens with one attached hydrogen (secondary N) is 2. The molecule has 0 bridgehead atoms. The summed E-state index contributed by atoms with van der Waals surface area (Å²) in [5.41, 5.74) is 3.24. The maximum atomic E-state index is 4.22. The highest BCUT2D eigenvalue weighted by molar-refractivity contribution is 5.59. The quantitative estimate of drug-likeness (QED) is 0.788. The van der Waals surface area contributed by atoms with Crippen molar-refractivity contribution in [2.75, 3.05) is 25.5 Å². The molecule has 4 heteroatoms. The Morgan fingerprint density at radius 2 is 1.72 bits per heavy atom. The van der Waals surface area contributed by atoms with Crippen LogP contribution in [0.25, 0.3) is 11.3 Å². The first-order valence-electron chi connectivity index (χ1n) is 6.09. The number of anilines is 1. The fourth-order valence-electron chi connectivity index (χ4n) is 1.62.